The first-order chi connectivity index (χ1) is 19.3. The summed E-state index contributed by atoms with van der Waals surface area (Å²) in [7, 11) is 0. The summed E-state index contributed by atoms with van der Waals surface area (Å²) < 4.78 is 25.6. The Bertz CT molecular complexity index is 1600. The highest BCUT2D eigenvalue weighted by molar-refractivity contribution is 5.98. The van der Waals surface area contributed by atoms with E-state index in [-0.39, 0.29) is 6.17 Å². The van der Waals surface area contributed by atoms with Crippen LogP contribution in [-0.2, 0) is 6.54 Å². The van der Waals surface area contributed by atoms with Gasteiger partial charge in [0.25, 0.3) is 0 Å². The van der Waals surface area contributed by atoms with Crippen LogP contribution >= 0.6 is 0 Å². The second-order valence-electron chi connectivity index (χ2n) is 10.1. The number of rotatable bonds is 3. The van der Waals surface area contributed by atoms with Crippen molar-refractivity contribution >= 4 is 22.9 Å². The van der Waals surface area contributed by atoms with E-state index in [1.165, 1.54) is 0 Å². The molecule has 0 saturated carbocycles. The topological polar surface area (TPSA) is 85.6 Å². The molecule has 0 saturated heterocycles. The summed E-state index contributed by atoms with van der Waals surface area (Å²) in [6.07, 6.45) is 0.704. The minimum Gasteiger partial charge on any atom is -0.490 e. The van der Waals surface area contributed by atoms with Crippen molar-refractivity contribution in [1.82, 2.24) is 19.8 Å². The first kappa shape index (κ1) is 22.5. The van der Waals surface area contributed by atoms with Crippen LogP contribution in [0, 0.1) is 0 Å². The van der Waals surface area contributed by atoms with Gasteiger partial charge in [-0.05, 0) is 47.5 Å². The number of para-hydroxylation sites is 2. The molecule has 5 heterocycles. The van der Waals surface area contributed by atoms with Crippen molar-refractivity contribution in [2.45, 2.75) is 19.1 Å². The summed E-state index contributed by atoms with van der Waals surface area (Å²) in [4.78, 5) is 14.5. The third-order valence-electron chi connectivity index (χ3n) is 7.46. The first-order valence-corrected chi connectivity index (χ1v) is 13.4. The van der Waals surface area contributed by atoms with Gasteiger partial charge in [0.15, 0.2) is 23.0 Å². The second-order valence-corrected chi connectivity index (χ2v) is 10.1. The fourth-order valence-electron chi connectivity index (χ4n) is 5.64. The number of nitrogens with one attached hydrogen (secondary N) is 1. The van der Waals surface area contributed by atoms with Crippen molar-refractivity contribution in [3.63, 3.8) is 0 Å². The van der Waals surface area contributed by atoms with Gasteiger partial charge >= 0.3 is 0 Å². The SMILES string of the molecule is c1ccc2c(c1)nc1n2C(c2ccc3c(c2)OCCO3)NC2=NCN(Cc3ccc4c(c3)OCCCO4)CN21. The molecule has 0 amide bonds. The molecule has 1 aromatic heterocycles. The van der Waals surface area contributed by atoms with E-state index in [0.717, 1.165) is 70.0 Å². The van der Waals surface area contributed by atoms with E-state index in [0.29, 0.717) is 39.8 Å². The van der Waals surface area contributed by atoms with Crippen LogP contribution in [0.2, 0.25) is 0 Å². The Morgan fingerprint density at radius 3 is 2.51 bits per heavy atom. The van der Waals surface area contributed by atoms with Gasteiger partial charge in [0, 0.05) is 13.0 Å². The van der Waals surface area contributed by atoms with E-state index >= 15 is 0 Å². The van der Waals surface area contributed by atoms with Gasteiger partial charge in [-0.3, -0.25) is 14.4 Å². The van der Waals surface area contributed by atoms with E-state index in [4.69, 9.17) is 28.9 Å². The molecule has 0 spiro atoms. The number of hydrogen-bond acceptors (Lipinski definition) is 9. The summed E-state index contributed by atoms with van der Waals surface area (Å²) in [5, 5.41) is 3.68. The molecule has 1 unspecified atom stereocenters. The Hall–Kier alpha value is -4.44. The molecule has 39 heavy (non-hydrogen) atoms. The van der Waals surface area contributed by atoms with Crippen LogP contribution in [0.5, 0.6) is 23.0 Å². The monoisotopic (exact) mass is 524 g/mol. The van der Waals surface area contributed by atoms with Crippen molar-refractivity contribution in [3.8, 4) is 23.0 Å². The Morgan fingerprint density at radius 2 is 1.59 bits per heavy atom. The number of aromatic nitrogens is 2. The van der Waals surface area contributed by atoms with E-state index < -0.39 is 0 Å². The fraction of sp³-hybridized carbons (Fsp3) is 0.310. The summed E-state index contributed by atoms with van der Waals surface area (Å²) >= 11 is 0. The maximum atomic E-state index is 5.91. The number of guanidine groups is 1. The fourth-order valence-corrected chi connectivity index (χ4v) is 5.64. The zero-order valence-corrected chi connectivity index (χ0v) is 21.4. The number of anilines is 1. The van der Waals surface area contributed by atoms with Crippen LogP contribution in [0.25, 0.3) is 11.0 Å². The number of benzene rings is 3. The third kappa shape index (κ3) is 3.90. The molecule has 0 bridgehead atoms. The highest BCUT2D eigenvalue weighted by Crippen LogP contribution is 2.38. The third-order valence-corrected chi connectivity index (χ3v) is 7.46. The molecule has 1 atom stereocenters. The molecule has 8 rings (SSSR count). The maximum Gasteiger partial charge on any atom is 0.216 e. The Kier molecular flexibility index (Phi) is 5.25. The number of nitrogens with zero attached hydrogens (tertiary/aromatic N) is 5. The average Bonchev–Trinajstić information content (AvgIpc) is 3.22. The number of fused-ring (bicyclic) bond motifs is 7. The molecule has 198 valence electrons. The van der Waals surface area contributed by atoms with Gasteiger partial charge in [0.05, 0.1) is 37.6 Å². The van der Waals surface area contributed by atoms with Gasteiger partial charge < -0.3 is 24.3 Å². The Labute approximate surface area is 225 Å². The van der Waals surface area contributed by atoms with Gasteiger partial charge in [0.2, 0.25) is 11.9 Å². The number of aliphatic imine (C=N–C) groups is 1. The van der Waals surface area contributed by atoms with E-state index in [2.05, 4.69) is 56.1 Å². The minimum atomic E-state index is -0.188. The molecule has 4 aromatic rings. The lowest BCUT2D eigenvalue weighted by molar-refractivity contribution is 0.171. The van der Waals surface area contributed by atoms with Gasteiger partial charge in [-0.1, -0.05) is 24.3 Å². The molecule has 4 aliphatic rings. The summed E-state index contributed by atoms with van der Waals surface area (Å²) in [5.74, 6) is 4.84. The van der Waals surface area contributed by atoms with E-state index in [9.17, 15) is 0 Å². The molecular formula is C29H28N6O4. The van der Waals surface area contributed by atoms with Crippen LogP contribution in [-0.4, -0.2) is 60.2 Å². The smallest absolute Gasteiger partial charge is 0.216 e. The number of ether oxygens (including phenoxy) is 4. The molecule has 0 aliphatic carbocycles. The predicted octanol–water partition coefficient (Wildman–Crippen LogP) is 3.71. The van der Waals surface area contributed by atoms with Crippen LogP contribution in [0.15, 0.2) is 65.7 Å². The van der Waals surface area contributed by atoms with Gasteiger partial charge in [-0.25, -0.2) is 9.98 Å². The van der Waals surface area contributed by atoms with Crippen molar-refractivity contribution in [2.75, 3.05) is 44.7 Å². The van der Waals surface area contributed by atoms with Crippen LogP contribution in [0.3, 0.4) is 0 Å². The summed E-state index contributed by atoms with van der Waals surface area (Å²) in [6, 6.07) is 20.6. The Morgan fingerprint density at radius 1 is 0.821 bits per heavy atom. The molecular weight excluding hydrogens is 496 g/mol. The van der Waals surface area contributed by atoms with Crippen LogP contribution in [0.1, 0.15) is 23.7 Å². The van der Waals surface area contributed by atoms with Gasteiger partial charge in [-0.2, -0.15) is 0 Å². The number of hydrogen-bond donors (Lipinski definition) is 1. The summed E-state index contributed by atoms with van der Waals surface area (Å²) in [6.45, 7) is 4.43. The van der Waals surface area contributed by atoms with Gasteiger partial charge in [0.1, 0.15) is 19.4 Å². The molecule has 10 heteroatoms. The predicted molar refractivity (Wildman–Crippen MR) is 146 cm³/mol. The first-order valence-electron chi connectivity index (χ1n) is 13.4. The van der Waals surface area contributed by atoms with Gasteiger partial charge in [-0.15, -0.1) is 0 Å². The van der Waals surface area contributed by atoms with Crippen LogP contribution < -0.4 is 29.2 Å². The highest BCUT2D eigenvalue weighted by Gasteiger charge is 2.36. The normalized spacial score (nSPS) is 19.9. The van der Waals surface area contributed by atoms with Crippen molar-refractivity contribution in [3.05, 3.63) is 71.8 Å². The minimum absolute atomic E-state index is 0.188. The lowest BCUT2D eigenvalue weighted by Gasteiger charge is -2.41. The van der Waals surface area contributed by atoms with E-state index in [1.54, 1.807) is 0 Å². The standard InChI is InChI=1S/C29H28N6O4/c1-2-5-22-21(4-1)31-29-34-18-33(16-19-6-8-23-25(14-19)37-11-3-10-36-23)17-30-28(34)32-27(35(22)29)20-7-9-24-26(15-20)39-13-12-38-24/h1-2,4-9,14-15,27H,3,10-13,16-18H2,(H,30,32). The lowest BCUT2D eigenvalue weighted by atomic mass is 10.1. The molecule has 0 fully saturated rings. The van der Waals surface area contributed by atoms with Crippen molar-refractivity contribution < 1.29 is 18.9 Å². The zero-order valence-electron chi connectivity index (χ0n) is 21.4. The zero-order chi connectivity index (χ0) is 25.8. The molecule has 10 nitrogen and oxygen atoms in total. The lowest BCUT2D eigenvalue weighted by Crippen LogP contribution is -2.57. The largest absolute Gasteiger partial charge is 0.490 e. The van der Waals surface area contributed by atoms with Crippen molar-refractivity contribution in [2.24, 2.45) is 4.99 Å². The average molecular weight is 525 g/mol. The summed E-state index contributed by atoms with van der Waals surface area (Å²) in [5.41, 5.74) is 4.21. The molecule has 4 aliphatic heterocycles. The number of imidazole rings is 1. The molecule has 1 N–H and O–H groups in total. The van der Waals surface area contributed by atoms with Crippen molar-refractivity contribution in [1.29, 1.82) is 0 Å². The quantitative estimate of drug-likeness (QED) is 0.434. The van der Waals surface area contributed by atoms with Crippen LogP contribution in [0.4, 0.5) is 5.95 Å². The molecule has 0 radical (unpaired) electrons. The maximum absolute atomic E-state index is 5.91. The second kappa shape index (κ2) is 9.09. The highest BCUT2D eigenvalue weighted by atomic mass is 16.6. The molecule has 3 aromatic carbocycles. The Balaban J connectivity index is 1.13. The van der Waals surface area contributed by atoms with E-state index in [1.807, 2.05) is 24.3 Å².